The topological polar surface area (TPSA) is 49.3 Å². The summed E-state index contributed by atoms with van der Waals surface area (Å²) in [5.74, 6) is 0.0254. The van der Waals surface area contributed by atoms with Gasteiger partial charge in [0.05, 0.1) is 10.9 Å². The Balaban J connectivity index is 2.44. The molecule has 1 rings (SSSR count). The van der Waals surface area contributed by atoms with Gasteiger partial charge in [-0.1, -0.05) is 36.7 Å². The van der Waals surface area contributed by atoms with Gasteiger partial charge in [0.15, 0.2) is 0 Å². The van der Waals surface area contributed by atoms with Crippen LogP contribution in [-0.4, -0.2) is 28.0 Å². The second kappa shape index (κ2) is 4.19. The summed E-state index contributed by atoms with van der Waals surface area (Å²) < 4.78 is 0. The van der Waals surface area contributed by atoms with Crippen molar-refractivity contribution < 1.29 is 9.90 Å². The van der Waals surface area contributed by atoms with Gasteiger partial charge in [-0.3, -0.25) is 4.79 Å². The third-order valence-corrected chi connectivity index (χ3v) is 4.24. The molecule has 0 aliphatic heterocycles. The van der Waals surface area contributed by atoms with Crippen molar-refractivity contribution in [2.45, 2.75) is 50.6 Å². The van der Waals surface area contributed by atoms with Crippen molar-refractivity contribution in [2.75, 3.05) is 0 Å². The molecule has 0 spiro atoms. The molecule has 14 heavy (non-hydrogen) atoms. The zero-order valence-corrected chi connectivity index (χ0v) is 10.5. The minimum atomic E-state index is -0.289. The van der Waals surface area contributed by atoms with Gasteiger partial charge in [-0.15, -0.1) is 0 Å². The third-order valence-electron chi connectivity index (χ3n) is 3.18. The zero-order chi connectivity index (χ0) is 10.9. The quantitative estimate of drug-likeness (QED) is 0.758. The highest BCUT2D eigenvalue weighted by atomic mass is 79.9. The molecule has 1 fully saturated rings. The first-order chi connectivity index (χ1) is 6.39. The lowest BCUT2D eigenvalue weighted by Crippen LogP contribution is -2.61. The minimum absolute atomic E-state index is 0.0254. The molecule has 1 aliphatic carbocycles. The number of alkyl halides is 1. The van der Waals surface area contributed by atoms with Gasteiger partial charge in [0.2, 0.25) is 5.91 Å². The summed E-state index contributed by atoms with van der Waals surface area (Å²) in [6.45, 7) is 5.91. The molecule has 2 N–H and O–H groups in total. The van der Waals surface area contributed by atoms with E-state index in [1.165, 1.54) is 0 Å². The molecule has 0 aromatic heterocycles. The van der Waals surface area contributed by atoms with Gasteiger partial charge < -0.3 is 10.4 Å². The van der Waals surface area contributed by atoms with Gasteiger partial charge in [0.25, 0.3) is 0 Å². The maximum absolute atomic E-state index is 11.5. The van der Waals surface area contributed by atoms with E-state index in [1.807, 2.05) is 20.8 Å². The van der Waals surface area contributed by atoms with Crippen LogP contribution in [0.25, 0.3) is 0 Å². The molecule has 0 radical (unpaired) electrons. The number of carbonyl (C=O) groups excluding carboxylic acids is 1. The number of hydrogen-bond donors (Lipinski definition) is 2. The fourth-order valence-electron chi connectivity index (χ4n) is 1.59. The van der Waals surface area contributed by atoms with Crippen molar-refractivity contribution in [1.29, 1.82) is 0 Å². The van der Waals surface area contributed by atoms with Crippen molar-refractivity contribution >= 4 is 21.8 Å². The lowest BCUT2D eigenvalue weighted by molar-refractivity contribution is -0.128. The van der Waals surface area contributed by atoms with Crippen LogP contribution in [0.5, 0.6) is 0 Å². The summed E-state index contributed by atoms with van der Waals surface area (Å²) >= 11 is 3.30. The average molecular weight is 264 g/mol. The number of nitrogens with one attached hydrogen (secondary N) is 1. The molecule has 82 valence electrons. The second-order valence-corrected chi connectivity index (χ2v) is 5.62. The Labute approximate surface area is 93.4 Å². The Morgan fingerprint density at radius 2 is 2.29 bits per heavy atom. The minimum Gasteiger partial charge on any atom is -0.392 e. The summed E-state index contributed by atoms with van der Waals surface area (Å²) in [7, 11) is 0. The molecule has 3 nitrogen and oxygen atoms in total. The summed E-state index contributed by atoms with van der Waals surface area (Å²) in [5.41, 5.74) is -0.184. The fourth-order valence-corrected chi connectivity index (χ4v) is 1.73. The van der Waals surface area contributed by atoms with Crippen LogP contribution in [0.2, 0.25) is 0 Å². The van der Waals surface area contributed by atoms with E-state index in [9.17, 15) is 9.90 Å². The van der Waals surface area contributed by atoms with Gasteiger partial charge in [-0.2, -0.15) is 0 Å². The van der Waals surface area contributed by atoms with Crippen molar-refractivity contribution in [3.8, 4) is 0 Å². The van der Waals surface area contributed by atoms with Crippen LogP contribution < -0.4 is 5.32 Å². The molecule has 0 heterocycles. The van der Waals surface area contributed by atoms with E-state index in [1.54, 1.807) is 0 Å². The van der Waals surface area contributed by atoms with Crippen LogP contribution in [0, 0.1) is 5.41 Å². The number of aliphatic hydroxyl groups excluding tert-OH is 1. The molecule has 0 bridgehead atoms. The monoisotopic (exact) mass is 263 g/mol. The lowest BCUT2D eigenvalue weighted by atomic mass is 9.64. The average Bonchev–Trinajstić information content (AvgIpc) is 2.16. The molecular weight excluding hydrogens is 246 g/mol. The molecule has 0 aromatic carbocycles. The molecule has 3 atom stereocenters. The molecule has 1 amide bonds. The maximum atomic E-state index is 11.5. The van der Waals surface area contributed by atoms with E-state index in [0.29, 0.717) is 6.42 Å². The van der Waals surface area contributed by atoms with Gasteiger partial charge in [-0.25, -0.2) is 0 Å². The highest BCUT2D eigenvalue weighted by molar-refractivity contribution is 9.10. The number of rotatable bonds is 3. The zero-order valence-electron chi connectivity index (χ0n) is 8.88. The predicted octanol–water partition coefficient (Wildman–Crippen LogP) is 1.44. The molecule has 4 heteroatoms. The number of aliphatic hydroxyl groups is 1. The smallest absolute Gasteiger partial charge is 0.234 e. The van der Waals surface area contributed by atoms with E-state index in [-0.39, 0.29) is 28.3 Å². The Morgan fingerprint density at radius 3 is 2.64 bits per heavy atom. The van der Waals surface area contributed by atoms with E-state index < -0.39 is 0 Å². The number of halogens is 1. The molecule has 3 unspecified atom stereocenters. The highest BCUT2D eigenvalue weighted by Gasteiger charge is 2.48. The lowest BCUT2D eigenvalue weighted by Gasteiger charge is -2.49. The van der Waals surface area contributed by atoms with Crippen molar-refractivity contribution in [2.24, 2.45) is 5.41 Å². The Morgan fingerprint density at radius 1 is 1.71 bits per heavy atom. The first-order valence-corrected chi connectivity index (χ1v) is 5.93. The maximum Gasteiger partial charge on any atom is 0.234 e. The van der Waals surface area contributed by atoms with E-state index >= 15 is 0 Å². The van der Waals surface area contributed by atoms with Crippen molar-refractivity contribution in [3.05, 3.63) is 0 Å². The van der Waals surface area contributed by atoms with Gasteiger partial charge in [0.1, 0.15) is 0 Å². The van der Waals surface area contributed by atoms with Gasteiger partial charge in [0, 0.05) is 11.5 Å². The standard InChI is InChI=1S/C10H18BrNO2/c1-4-6(11)9(14)12-7-5-8(13)10(7,2)3/h6-8,13H,4-5H2,1-3H3,(H,12,14). The Hall–Kier alpha value is -0.0900. The molecule has 0 saturated heterocycles. The SMILES string of the molecule is CCC(Br)C(=O)NC1CC(O)C1(C)C. The van der Waals surface area contributed by atoms with Crippen LogP contribution in [0.4, 0.5) is 0 Å². The molecule has 1 aliphatic rings. The van der Waals surface area contributed by atoms with Crippen LogP contribution >= 0.6 is 15.9 Å². The number of hydrogen-bond acceptors (Lipinski definition) is 2. The summed E-state index contributed by atoms with van der Waals surface area (Å²) in [6, 6.07) is 0.108. The second-order valence-electron chi connectivity index (χ2n) is 4.51. The van der Waals surface area contributed by atoms with Crippen LogP contribution in [0.1, 0.15) is 33.6 Å². The number of carbonyl (C=O) groups is 1. The van der Waals surface area contributed by atoms with E-state index in [2.05, 4.69) is 21.2 Å². The van der Waals surface area contributed by atoms with Gasteiger partial charge in [-0.05, 0) is 12.8 Å². The molecule has 1 saturated carbocycles. The normalized spacial score (nSPS) is 31.8. The van der Waals surface area contributed by atoms with Crippen LogP contribution in [-0.2, 0) is 4.79 Å². The van der Waals surface area contributed by atoms with E-state index in [4.69, 9.17) is 0 Å². The first-order valence-electron chi connectivity index (χ1n) is 5.02. The Bertz CT molecular complexity index is 230. The summed E-state index contributed by atoms with van der Waals surface area (Å²) in [4.78, 5) is 11.4. The first kappa shape index (κ1) is 12.0. The largest absolute Gasteiger partial charge is 0.392 e. The summed E-state index contributed by atoms with van der Waals surface area (Å²) in [6.07, 6.45) is 1.16. The number of amides is 1. The predicted molar refractivity (Wildman–Crippen MR) is 59.3 cm³/mol. The van der Waals surface area contributed by atoms with Gasteiger partial charge >= 0.3 is 0 Å². The van der Waals surface area contributed by atoms with Crippen LogP contribution in [0.3, 0.4) is 0 Å². The molecular formula is C10H18BrNO2. The molecule has 0 aromatic rings. The van der Waals surface area contributed by atoms with Crippen molar-refractivity contribution in [1.82, 2.24) is 5.32 Å². The fraction of sp³-hybridized carbons (Fsp3) is 0.900. The van der Waals surface area contributed by atoms with E-state index in [0.717, 1.165) is 6.42 Å². The summed E-state index contributed by atoms with van der Waals surface area (Å²) in [5, 5.41) is 12.4. The highest BCUT2D eigenvalue weighted by Crippen LogP contribution is 2.40. The van der Waals surface area contributed by atoms with Crippen LogP contribution in [0.15, 0.2) is 0 Å². The van der Waals surface area contributed by atoms with Crippen molar-refractivity contribution in [3.63, 3.8) is 0 Å². The third kappa shape index (κ3) is 2.11. The Kier molecular flexibility index (Phi) is 3.58.